The van der Waals surface area contributed by atoms with E-state index in [-0.39, 0.29) is 29.4 Å². The molecule has 0 aromatic heterocycles. The highest BCUT2D eigenvalue weighted by Crippen LogP contribution is 2.63. The summed E-state index contributed by atoms with van der Waals surface area (Å²) in [4.78, 5) is 25.8. The minimum atomic E-state index is -0.789. The van der Waals surface area contributed by atoms with Crippen LogP contribution in [0, 0.1) is 23.2 Å². The molecule has 4 bridgehead atoms. The Morgan fingerprint density at radius 1 is 1.03 bits per heavy atom. The van der Waals surface area contributed by atoms with Crippen molar-refractivity contribution in [3.63, 3.8) is 0 Å². The van der Waals surface area contributed by atoms with E-state index < -0.39 is 6.09 Å². The Morgan fingerprint density at radius 2 is 1.66 bits per heavy atom. The third-order valence-electron chi connectivity index (χ3n) is 9.04. The zero-order valence-corrected chi connectivity index (χ0v) is 19.0. The Morgan fingerprint density at radius 3 is 2.22 bits per heavy atom. The lowest BCUT2D eigenvalue weighted by Gasteiger charge is -2.63. The number of carboxylic acid groups (broad SMARTS) is 1. The van der Waals surface area contributed by atoms with Crippen LogP contribution in [0.3, 0.4) is 0 Å². The Hall–Kier alpha value is -2.08. The largest absolute Gasteiger partial charge is 0.467 e. The van der Waals surface area contributed by atoms with Crippen molar-refractivity contribution in [2.45, 2.75) is 62.8 Å². The molecule has 6 nitrogen and oxygen atoms in total. The van der Waals surface area contributed by atoms with Crippen LogP contribution in [-0.2, 0) is 19.7 Å². The second-order valence-corrected chi connectivity index (χ2v) is 10.9. The smallest absolute Gasteiger partial charge is 0.407 e. The van der Waals surface area contributed by atoms with Gasteiger partial charge < -0.3 is 19.5 Å². The average molecular weight is 442 g/mol. The number of carbonyl (C=O) groups excluding carboxylic acids is 1. The third kappa shape index (κ3) is 3.81. The molecule has 0 spiro atoms. The van der Waals surface area contributed by atoms with E-state index in [1.165, 1.54) is 51.2 Å². The molecule has 174 valence electrons. The van der Waals surface area contributed by atoms with Gasteiger partial charge in [0.05, 0.1) is 13.7 Å². The maximum absolute atomic E-state index is 12.4. The van der Waals surface area contributed by atoms with Gasteiger partial charge >= 0.3 is 12.1 Å². The van der Waals surface area contributed by atoms with E-state index >= 15 is 0 Å². The van der Waals surface area contributed by atoms with Gasteiger partial charge in [0.25, 0.3) is 0 Å². The highest BCUT2D eigenvalue weighted by molar-refractivity contribution is 5.70. The Balaban J connectivity index is 1.47. The van der Waals surface area contributed by atoms with Gasteiger partial charge in [-0.2, -0.15) is 0 Å². The molecule has 5 aliphatic rings. The molecule has 1 aliphatic heterocycles. The molecule has 4 aliphatic carbocycles. The van der Waals surface area contributed by atoms with E-state index in [0.29, 0.717) is 19.6 Å². The van der Waals surface area contributed by atoms with Crippen LogP contribution in [0.25, 0.3) is 0 Å². The second-order valence-electron chi connectivity index (χ2n) is 10.9. The Kier molecular flexibility index (Phi) is 5.68. The maximum atomic E-state index is 12.4. The standard InChI is InChI=1S/C26H35NO5/c1-31-23(28)16-32-17-25(21-5-3-2-4-6-21)7-8-27(24(29)30)22(15-25)26-12-18-9-19(13-26)11-20(10-18)14-26/h2-6,18-20,22H,7-17H2,1H3,(H,29,30). The highest BCUT2D eigenvalue weighted by atomic mass is 16.6. The van der Waals surface area contributed by atoms with Gasteiger partial charge in [-0.3, -0.25) is 0 Å². The average Bonchev–Trinajstić information content (AvgIpc) is 2.78. The third-order valence-corrected chi connectivity index (χ3v) is 9.04. The van der Waals surface area contributed by atoms with Gasteiger partial charge in [-0.15, -0.1) is 0 Å². The summed E-state index contributed by atoms with van der Waals surface area (Å²) in [6, 6.07) is 10.4. The van der Waals surface area contributed by atoms with Crippen molar-refractivity contribution in [3.8, 4) is 0 Å². The van der Waals surface area contributed by atoms with Crippen molar-refractivity contribution in [3.05, 3.63) is 35.9 Å². The fourth-order valence-electron chi connectivity index (χ4n) is 8.09. The predicted octanol–water partition coefficient (Wildman–Crippen LogP) is 4.47. The first kappa shape index (κ1) is 21.7. The molecule has 6 rings (SSSR count). The minimum absolute atomic E-state index is 0.00378. The quantitative estimate of drug-likeness (QED) is 0.659. The molecule has 6 heteroatoms. The molecule has 5 fully saturated rings. The van der Waals surface area contributed by atoms with E-state index in [0.717, 1.165) is 24.2 Å². The molecule has 4 saturated carbocycles. The first-order valence-corrected chi connectivity index (χ1v) is 12.1. The van der Waals surface area contributed by atoms with Crippen LogP contribution in [-0.4, -0.2) is 55.0 Å². The zero-order valence-electron chi connectivity index (χ0n) is 19.0. The lowest BCUT2D eigenvalue weighted by atomic mass is 9.46. The molecule has 1 aromatic rings. The minimum Gasteiger partial charge on any atom is -0.467 e. The van der Waals surface area contributed by atoms with Crippen molar-refractivity contribution < 1.29 is 24.2 Å². The number of hydrogen-bond acceptors (Lipinski definition) is 4. The SMILES string of the molecule is COC(=O)COCC1(c2ccccc2)CCN(C(=O)O)C(C23CC4CC(CC(C4)C2)C3)C1. The number of benzene rings is 1. The number of rotatable bonds is 6. The zero-order chi connectivity index (χ0) is 22.3. The topological polar surface area (TPSA) is 76.1 Å². The maximum Gasteiger partial charge on any atom is 0.407 e. The van der Waals surface area contributed by atoms with Crippen molar-refractivity contribution >= 4 is 12.1 Å². The van der Waals surface area contributed by atoms with Gasteiger partial charge in [-0.05, 0) is 80.1 Å². The van der Waals surface area contributed by atoms with Gasteiger partial charge in [-0.25, -0.2) is 9.59 Å². The molecule has 32 heavy (non-hydrogen) atoms. The molecular formula is C26H35NO5. The second kappa shape index (κ2) is 8.36. The number of hydrogen-bond donors (Lipinski definition) is 1. The summed E-state index contributed by atoms with van der Waals surface area (Å²) in [6.45, 7) is 0.844. The number of carbonyl (C=O) groups is 2. The van der Waals surface area contributed by atoms with Gasteiger partial charge in [0.15, 0.2) is 0 Å². The van der Waals surface area contributed by atoms with Gasteiger partial charge in [0.2, 0.25) is 0 Å². The summed E-state index contributed by atoms with van der Waals surface area (Å²) in [5.41, 5.74) is 0.982. The number of ether oxygens (including phenoxy) is 2. The van der Waals surface area contributed by atoms with E-state index in [1.54, 1.807) is 4.90 Å². The summed E-state index contributed by atoms with van der Waals surface area (Å²) in [5.74, 6) is 1.91. The summed E-state index contributed by atoms with van der Waals surface area (Å²) in [5, 5.41) is 10.2. The van der Waals surface area contributed by atoms with E-state index in [2.05, 4.69) is 12.1 Å². The Labute approximate surface area is 190 Å². The summed E-state index contributed by atoms with van der Waals surface area (Å²) in [6.07, 6.45) is 8.19. The van der Waals surface area contributed by atoms with Crippen molar-refractivity contribution in [1.82, 2.24) is 4.90 Å². The van der Waals surface area contributed by atoms with Gasteiger partial charge in [0, 0.05) is 18.0 Å². The van der Waals surface area contributed by atoms with Crippen LogP contribution in [0.1, 0.15) is 56.9 Å². The summed E-state index contributed by atoms with van der Waals surface area (Å²) < 4.78 is 10.7. The predicted molar refractivity (Wildman–Crippen MR) is 119 cm³/mol. The monoisotopic (exact) mass is 441 g/mol. The van der Waals surface area contributed by atoms with Crippen LogP contribution in [0.4, 0.5) is 4.79 Å². The summed E-state index contributed by atoms with van der Waals surface area (Å²) in [7, 11) is 1.37. The number of amides is 1. The molecular weight excluding hydrogens is 406 g/mol. The van der Waals surface area contributed by atoms with Crippen LogP contribution < -0.4 is 0 Å². The van der Waals surface area contributed by atoms with E-state index in [9.17, 15) is 14.7 Å². The molecule has 1 aromatic carbocycles. The first-order chi connectivity index (χ1) is 15.4. The number of nitrogens with zero attached hydrogens (tertiary/aromatic N) is 1. The van der Waals surface area contributed by atoms with Crippen molar-refractivity contribution in [1.29, 1.82) is 0 Å². The van der Waals surface area contributed by atoms with Gasteiger partial charge in [0.1, 0.15) is 6.61 Å². The molecule has 2 atom stereocenters. The first-order valence-electron chi connectivity index (χ1n) is 12.1. The number of methoxy groups -OCH3 is 1. The summed E-state index contributed by atoms with van der Waals surface area (Å²) >= 11 is 0. The van der Waals surface area contributed by atoms with Crippen LogP contribution >= 0.6 is 0 Å². The van der Waals surface area contributed by atoms with Crippen molar-refractivity contribution in [2.24, 2.45) is 23.2 Å². The molecule has 0 radical (unpaired) electrons. The number of esters is 1. The van der Waals surface area contributed by atoms with Crippen molar-refractivity contribution in [2.75, 3.05) is 26.9 Å². The van der Waals surface area contributed by atoms with Crippen LogP contribution in [0.15, 0.2) is 30.3 Å². The number of likely N-dealkylation sites (tertiary alicyclic amines) is 1. The normalized spacial score (nSPS) is 38.0. The van der Waals surface area contributed by atoms with E-state index in [1.807, 2.05) is 18.2 Å². The van der Waals surface area contributed by atoms with Crippen LogP contribution in [0.2, 0.25) is 0 Å². The molecule has 1 saturated heterocycles. The van der Waals surface area contributed by atoms with E-state index in [4.69, 9.17) is 9.47 Å². The fourth-order valence-corrected chi connectivity index (χ4v) is 8.09. The fraction of sp³-hybridized carbons (Fsp3) is 0.692. The lowest BCUT2D eigenvalue weighted by Crippen LogP contribution is -2.63. The highest BCUT2D eigenvalue weighted by Gasteiger charge is 2.58. The molecule has 1 N–H and O–H groups in total. The van der Waals surface area contributed by atoms with Crippen LogP contribution in [0.5, 0.6) is 0 Å². The van der Waals surface area contributed by atoms with Gasteiger partial charge in [-0.1, -0.05) is 30.3 Å². The number of piperidine rings is 1. The molecule has 1 amide bonds. The lowest BCUT2D eigenvalue weighted by molar-refractivity contribution is -0.147. The molecule has 2 unspecified atom stereocenters. The Bertz CT molecular complexity index is 820. The molecule has 1 heterocycles.